The number of hydrogen-bond acceptors (Lipinski definition) is 5. The van der Waals surface area contributed by atoms with Crippen LogP contribution in [0.25, 0.3) is 0 Å². The number of carbonyl (C=O) groups is 2. The summed E-state index contributed by atoms with van der Waals surface area (Å²) < 4.78 is 22.0. The number of nitrogens with two attached hydrogens (primary N) is 1. The standard InChI is InChI=1S/C10H12N2O6S/c11-19(17,18)7-3-1-6(2-4-7)9(14)12-8(5-13)10(15)16/h1-4,8,13H,5H2,(H,12,14)(H,15,16)(H2,11,17,18)/t8-/m0/s1. The lowest BCUT2D eigenvalue weighted by molar-refractivity contribution is -0.140. The Kier molecular flexibility index (Phi) is 4.59. The summed E-state index contributed by atoms with van der Waals surface area (Å²) in [4.78, 5) is 22.1. The first-order chi connectivity index (χ1) is 8.75. The van der Waals surface area contributed by atoms with Gasteiger partial charge >= 0.3 is 5.97 Å². The summed E-state index contributed by atoms with van der Waals surface area (Å²) >= 11 is 0. The lowest BCUT2D eigenvalue weighted by Gasteiger charge is -2.11. The Morgan fingerprint density at radius 2 is 1.79 bits per heavy atom. The van der Waals surface area contributed by atoms with E-state index in [0.29, 0.717) is 0 Å². The Labute approximate surface area is 108 Å². The van der Waals surface area contributed by atoms with Crippen LogP contribution in [-0.4, -0.2) is 43.2 Å². The van der Waals surface area contributed by atoms with Crippen LogP contribution in [0.15, 0.2) is 29.2 Å². The van der Waals surface area contributed by atoms with E-state index in [0.717, 1.165) is 12.1 Å². The average Bonchev–Trinajstić information content (AvgIpc) is 2.34. The average molecular weight is 288 g/mol. The summed E-state index contributed by atoms with van der Waals surface area (Å²) in [6, 6.07) is 3.19. The summed E-state index contributed by atoms with van der Waals surface area (Å²) in [5.41, 5.74) is 0.0482. The van der Waals surface area contributed by atoms with Crippen LogP contribution in [0.2, 0.25) is 0 Å². The van der Waals surface area contributed by atoms with Crippen LogP contribution in [0.3, 0.4) is 0 Å². The Hall–Kier alpha value is -1.97. The minimum absolute atomic E-state index is 0.0482. The van der Waals surface area contributed by atoms with Crippen molar-refractivity contribution >= 4 is 21.9 Å². The van der Waals surface area contributed by atoms with E-state index in [4.69, 9.17) is 15.4 Å². The van der Waals surface area contributed by atoms with Crippen LogP contribution < -0.4 is 10.5 Å². The fourth-order valence-electron chi connectivity index (χ4n) is 1.22. The molecule has 19 heavy (non-hydrogen) atoms. The second-order valence-corrected chi connectivity index (χ2v) is 5.18. The van der Waals surface area contributed by atoms with Gasteiger partial charge < -0.3 is 15.5 Å². The molecule has 104 valence electrons. The Balaban J connectivity index is 2.87. The number of aliphatic hydroxyl groups excluding tert-OH is 1. The molecular weight excluding hydrogens is 276 g/mol. The van der Waals surface area contributed by atoms with E-state index < -0.39 is 34.5 Å². The third-order valence-corrected chi connectivity index (χ3v) is 3.16. The molecule has 1 aromatic rings. The van der Waals surface area contributed by atoms with Gasteiger partial charge in [0, 0.05) is 5.56 Å². The molecule has 1 atom stereocenters. The number of aliphatic hydroxyl groups is 1. The minimum atomic E-state index is -3.85. The third kappa shape index (κ3) is 4.02. The maximum atomic E-state index is 11.6. The number of primary sulfonamides is 1. The minimum Gasteiger partial charge on any atom is -0.480 e. The number of carboxylic acids is 1. The summed E-state index contributed by atoms with van der Waals surface area (Å²) in [7, 11) is -3.85. The maximum absolute atomic E-state index is 11.6. The summed E-state index contributed by atoms with van der Waals surface area (Å²) in [5, 5.41) is 24.4. The molecular formula is C10H12N2O6S. The van der Waals surface area contributed by atoms with Crippen molar-refractivity contribution in [1.82, 2.24) is 5.32 Å². The number of benzene rings is 1. The largest absolute Gasteiger partial charge is 0.480 e. The first-order valence-corrected chi connectivity index (χ1v) is 6.57. The zero-order chi connectivity index (χ0) is 14.6. The molecule has 0 unspecified atom stereocenters. The van der Waals surface area contributed by atoms with Gasteiger partial charge in [0.2, 0.25) is 10.0 Å². The van der Waals surface area contributed by atoms with Gasteiger partial charge in [-0.05, 0) is 24.3 Å². The quantitative estimate of drug-likeness (QED) is 0.519. The van der Waals surface area contributed by atoms with E-state index in [9.17, 15) is 18.0 Å². The highest BCUT2D eigenvalue weighted by Gasteiger charge is 2.19. The van der Waals surface area contributed by atoms with E-state index >= 15 is 0 Å². The lowest BCUT2D eigenvalue weighted by Crippen LogP contribution is -2.43. The van der Waals surface area contributed by atoms with Gasteiger partial charge in [-0.2, -0.15) is 0 Å². The van der Waals surface area contributed by atoms with Crippen molar-refractivity contribution in [3.8, 4) is 0 Å². The van der Waals surface area contributed by atoms with Crippen molar-refractivity contribution in [2.45, 2.75) is 10.9 Å². The van der Waals surface area contributed by atoms with Crippen LogP contribution in [-0.2, 0) is 14.8 Å². The van der Waals surface area contributed by atoms with Crippen molar-refractivity contribution in [2.75, 3.05) is 6.61 Å². The van der Waals surface area contributed by atoms with Gasteiger partial charge in [0.05, 0.1) is 11.5 Å². The maximum Gasteiger partial charge on any atom is 0.328 e. The molecule has 0 aliphatic carbocycles. The zero-order valence-electron chi connectivity index (χ0n) is 9.61. The normalized spacial score (nSPS) is 12.7. The van der Waals surface area contributed by atoms with Gasteiger partial charge in [0.25, 0.3) is 5.91 Å². The van der Waals surface area contributed by atoms with Crippen LogP contribution >= 0.6 is 0 Å². The highest BCUT2D eigenvalue weighted by atomic mass is 32.2. The van der Waals surface area contributed by atoms with Crippen molar-refractivity contribution in [1.29, 1.82) is 0 Å². The Morgan fingerprint density at radius 3 is 2.16 bits per heavy atom. The van der Waals surface area contributed by atoms with Crippen molar-refractivity contribution in [2.24, 2.45) is 5.14 Å². The van der Waals surface area contributed by atoms with Gasteiger partial charge in [-0.25, -0.2) is 18.4 Å². The molecule has 9 heteroatoms. The smallest absolute Gasteiger partial charge is 0.328 e. The predicted molar refractivity (Wildman–Crippen MR) is 63.8 cm³/mol. The molecule has 5 N–H and O–H groups in total. The molecule has 0 fully saturated rings. The molecule has 0 heterocycles. The third-order valence-electron chi connectivity index (χ3n) is 2.23. The molecule has 8 nitrogen and oxygen atoms in total. The van der Waals surface area contributed by atoms with E-state index in [1.807, 2.05) is 0 Å². The van der Waals surface area contributed by atoms with Gasteiger partial charge in [0.15, 0.2) is 6.04 Å². The SMILES string of the molecule is NS(=O)(=O)c1ccc(C(=O)N[C@@H](CO)C(=O)O)cc1. The molecule has 0 aliphatic heterocycles. The number of nitrogens with one attached hydrogen (secondary N) is 1. The molecule has 0 aromatic heterocycles. The highest BCUT2D eigenvalue weighted by Crippen LogP contribution is 2.08. The first kappa shape index (κ1) is 15.1. The van der Waals surface area contributed by atoms with Gasteiger partial charge in [0.1, 0.15) is 0 Å². The number of hydrogen-bond donors (Lipinski definition) is 4. The Bertz CT molecular complexity index is 581. The molecule has 0 radical (unpaired) electrons. The van der Waals surface area contributed by atoms with Crippen molar-refractivity contribution < 1.29 is 28.2 Å². The van der Waals surface area contributed by atoms with Crippen molar-refractivity contribution in [3.05, 3.63) is 29.8 Å². The number of carboxylic acid groups (broad SMARTS) is 1. The lowest BCUT2D eigenvalue weighted by atomic mass is 10.2. The number of aliphatic carboxylic acids is 1. The Morgan fingerprint density at radius 1 is 1.26 bits per heavy atom. The first-order valence-electron chi connectivity index (χ1n) is 5.03. The topological polar surface area (TPSA) is 147 Å². The molecule has 0 bridgehead atoms. The highest BCUT2D eigenvalue weighted by molar-refractivity contribution is 7.89. The second-order valence-electron chi connectivity index (χ2n) is 3.62. The molecule has 1 rings (SSSR count). The fraction of sp³-hybridized carbons (Fsp3) is 0.200. The zero-order valence-corrected chi connectivity index (χ0v) is 10.4. The molecule has 1 amide bonds. The number of sulfonamides is 1. The molecule has 0 aliphatic rings. The summed E-state index contributed by atoms with van der Waals surface area (Å²) in [6.45, 7) is -0.754. The fourth-order valence-corrected chi connectivity index (χ4v) is 1.74. The van der Waals surface area contributed by atoms with E-state index in [1.54, 1.807) is 0 Å². The van der Waals surface area contributed by atoms with E-state index in [1.165, 1.54) is 12.1 Å². The molecule has 0 saturated heterocycles. The molecule has 1 aromatic carbocycles. The van der Waals surface area contributed by atoms with Gasteiger partial charge in [-0.3, -0.25) is 4.79 Å². The van der Waals surface area contributed by atoms with Gasteiger partial charge in [-0.1, -0.05) is 0 Å². The van der Waals surface area contributed by atoms with Gasteiger partial charge in [-0.15, -0.1) is 0 Å². The predicted octanol–water partition coefficient (Wildman–Crippen LogP) is -1.49. The monoisotopic (exact) mass is 288 g/mol. The van der Waals surface area contributed by atoms with Crippen LogP contribution in [0.1, 0.15) is 10.4 Å². The van der Waals surface area contributed by atoms with Crippen LogP contribution in [0.5, 0.6) is 0 Å². The van der Waals surface area contributed by atoms with E-state index in [2.05, 4.69) is 5.32 Å². The number of amides is 1. The number of rotatable bonds is 5. The van der Waals surface area contributed by atoms with Crippen molar-refractivity contribution in [3.63, 3.8) is 0 Å². The molecule has 0 spiro atoms. The van der Waals surface area contributed by atoms with Crippen LogP contribution in [0.4, 0.5) is 0 Å². The second kappa shape index (κ2) is 5.78. The summed E-state index contributed by atoms with van der Waals surface area (Å²) in [5.74, 6) is -2.13. The van der Waals surface area contributed by atoms with Crippen LogP contribution in [0, 0.1) is 0 Å². The molecule has 0 saturated carbocycles. The summed E-state index contributed by atoms with van der Waals surface area (Å²) in [6.07, 6.45) is 0. The number of carbonyl (C=O) groups excluding carboxylic acids is 1. The van der Waals surface area contributed by atoms with E-state index in [-0.39, 0.29) is 10.5 Å².